The van der Waals surface area contributed by atoms with Crippen molar-refractivity contribution in [2.75, 3.05) is 11.9 Å². The van der Waals surface area contributed by atoms with Crippen LogP contribution in [-0.2, 0) is 14.3 Å². The standard InChI is InChI=1S/C12H16N2O5/c1-4-18-12(17)10-8(3)14-19-11(10)13-9(16)6-5-7(2)15/h4-6H2,1-3H3,(H,13,16). The van der Waals surface area contributed by atoms with Gasteiger partial charge in [0.15, 0.2) is 0 Å². The lowest BCUT2D eigenvalue weighted by molar-refractivity contribution is -0.121. The summed E-state index contributed by atoms with van der Waals surface area (Å²) in [6.45, 7) is 4.85. The second kappa shape index (κ2) is 6.67. The zero-order valence-corrected chi connectivity index (χ0v) is 11.1. The summed E-state index contributed by atoms with van der Waals surface area (Å²) in [5.41, 5.74) is 0.429. The monoisotopic (exact) mass is 268 g/mol. The zero-order valence-electron chi connectivity index (χ0n) is 11.1. The Hall–Kier alpha value is -2.18. The van der Waals surface area contributed by atoms with Crippen molar-refractivity contribution in [3.8, 4) is 0 Å². The molecule has 1 aromatic heterocycles. The molecule has 1 aromatic rings. The van der Waals surface area contributed by atoms with Gasteiger partial charge in [-0.2, -0.15) is 0 Å². The van der Waals surface area contributed by atoms with Crippen LogP contribution in [-0.4, -0.2) is 29.4 Å². The minimum atomic E-state index is -0.608. The van der Waals surface area contributed by atoms with Crippen LogP contribution in [0, 0.1) is 6.92 Å². The molecule has 0 aliphatic heterocycles. The summed E-state index contributed by atoms with van der Waals surface area (Å²) >= 11 is 0. The van der Waals surface area contributed by atoms with Crippen LogP contribution in [0.5, 0.6) is 0 Å². The number of nitrogens with one attached hydrogen (secondary N) is 1. The number of aryl methyl sites for hydroxylation is 1. The normalized spacial score (nSPS) is 10.1. The van der Waals surface area contributed by atoms with Crippen LogP contribution in [0.3, 0.4) is 0 Å². The molecule has 0 aliphatic rings. The third kappa shape index (κ3) is 4.20. The number of rotatable bonds is 6. The summed E-state index contributed by atoms with van der Waals surface area (Å²) in [6, 6.07) is 0. The number of anilines is 1. The number of Topliss-reactive ketones (excluding diaryl/α,β-unsaturated/α-hetero) is 1. The van der Waals surface area contributed by atoms with Crippen molar-refractivity contribution in [3.63, 3.8) is 0 Å². The molecule has 0 unspecified atom stereocenters. The van der Waals surface area contributed by atoms with E-state index < -0.39 is 11.9 Å². The molecular weight excluding hydrogens is 252 g/mol. The third-order valence-electron chi connectivity index (χ3n) is 2.30. The van der Waals surface area contributed by atoms with Gasteiger partial charge in [-0.3, -0.25) is 10.1 Å². The van der Waals surface area contributed by atoms with Gasteiger partial charge < -0.3 is 14.1 Å². The molecule has 0 fully saturated rings. The summed E-state index contributed by atoms with van der Waals surface area (Å²) in [4.78, 5) is 34.0. The first-order valence-electron chi connectivity index (χ1n) is 5.88. The van der Waals surface area contributed by atoms with Gasteiger partial charge in [0, 0.05) is 12.8 Å². The van der Waals surface area contributed by atoms with Crippen LogP contribution in [0.4, 0.5) is 5.88 Å². The summed E-state index contributed by atoms with van der Waals surface area (Å²) in [5.74, 6) is -1.17. The summed E-state index contributed by atoms with van der Waals surface area (Å²) in [6.07, 6.45) is 0.158. The van der Waals surface area contributed by atoms with E-state index in [0.717, 1.165) is 0 Å². The van der Waals surface area contributed by atoms with Gasteiger partial charge >= 0.3 is 5.97 Å². The molecule has 1 N–H and O–H groups in total. The molecular formula is C12H16N2O5. The summed E-state index contributed by atoms with van der Waals surface area (Å²) < 4.78 is 9.72. The van der Waals surface area contributed by atoms with E-state index in [1.165, 1.54) is 6.92 Å². The van der Waals surface area contributed by atoms with Crippen molar-refractivity contribution >= 4 is 23.5 Å². The Bertz CT molecular complexity index is 492. The van der Waals surface area contributed by atoms with Gasteiger partial charge in [0.25, 0.3) is 0 Å². The highest BCUT2D eigenvalue weighted by molar-refractivity contribution is 6.00. The molecule has 0 aliphatic carbocycles. The number of carbonyl (C=O) groups is 3. The molecule has 0 spiro atoms. The predicted octanol–water partition coefficient (Wildman–Crippen LogP) is 1.47. The molecule has 1 amide bonds. The van der Waals surface area contributed by atoms with E-state index in [-0.39, 0.29) is 36.7 Å². The van der Waals surface area contributed by atoms with Gasteiger partial charge in [0.1, 0.15) is 11.3 Å². The maximum Gasteiger partial charge on any atom is 0.345 e. The quantitative estimate of drug-likeness (QED) is 0.784. The van der Waals surface area contributed by atoms with Crippen LogP contribution in [0.15, 0.2) is 4.52 Å². The molecule has 7 nitrogen and oxygen atoms in total. The molecule has 104 valence electrons. The van der Waals surface area contributed by atoms with Crippen LogP contribution >= 0.6 is 0 Å². The second-order valence-corrected chi connectivity index (χ2v) is 3.94. The summed E-state index contributed by atoms with van der Waals surface area (Å²) in [5, 5.41) is 6.02. The first-order valence-corrected chi connectivity index (χ1v) is 5.88. The van der Waals surface area contributed by atoms with Crippen LogP contribution in [0.25, 0.3) is 0 Å². The minimum absolute atomic E-state index is 0.0251. The Morgan fingerprint density at radius 1 is 1.32 bits per heavy atom. The summed E-state index contributed by atoms with van der Waals surface area (Å²) in [7, 11) is 0. The first-order chi connectivity index (χ1) is 8.95. The van der Waals surface area contributed by atoms with E-state index >= 15 is 0 Å². The van der Waals surface area contributed by atoms with E-state index in [4.69, 9.17) is 9.26 Å². The lowest BCUT2D eigenvalue weighted by atomic mass is 10.2. The van der Waals surface area contributed by atoms with Gasteiger partial charge in [0.05, 0.1) is 12.3 Å². The fourth-order valence-corrected chi connectivity index (χ4v) is 1.38. The van der Waals surface area contributed by atoms with Gasteiger partial charge in [-0.1, -0.05) is 5.16 Å². The average molecular weight is 268 g/mol. The average Bonchev–Trinajstić information content (AvgIpc) is 2.68. The SMILES string of the molecule is CCOC(=O)c1c(C)noc1NC(=O)CCC(C)=O. The molecule has 0 radical (unpaired) electrons. The first kappa shape index (κ1) is 14.9. The van der Waals surface area contributed by atoms with Gasteiger partial charge in [-0.25, -0.2) is 4.79 Å². The minimum Gasteiger partial charge on any atom is -0.462 e. The second-order valence-electron chi connectivity index (χ2n) is 3.94. The van der Waals surface area contributed by atoms with E-state index in [1.807, 2.05) is 0 Å². The highest BCUT2D eigenvalue weighted by Gasteiger charge is 2.23. The van der Waals surface area contributed by atoms with Gasteiger partial charge in [0.2, 0.25) is 11.8 Å². The van der Waals surface area contributed by atoms with Crippen molar-refractivity contribution in [1.82, 2.24) is 5.16 Å². The Balaban J connectivity index is 2.76. The largest absolute Gasteiger partial charge is 0.462 e. The fraction of sp³-hybridized carbons (Fsp3) is 0.500. The fourth-order valence-electron chi connectivity index (χ4n) is 1.38. The van der Waals surface area contributed by atoms with Crippen LogP contribution < -0.4 is 5.32 Å². The molecule has 0 aromatic carbocycles. The highest BCUT2D eigenvalue weighted by atomic mass is 16.5. The zero-order chi connectivity index (χ0) is 14.4. The molecule has 1 rings (SSSR count). The highest BCUT2D eigenvalue weighted by Crippen LogP contribution is 2.20. The third-order valence-corrected chi connectivity index (χ3v) is 2.30. The maximum atomic E-state index is 11.7. The number of hydrogen-bond donors (Lipinski definition) is 1. The lowest BCUT2D eigenvalue weighted by Crippen LogP contribution is -2.15. The lowest BCUT2D eigenvalue weighted by Gasteiger charge is -2.03. The Kier molecular flexibility index (Phi) is 5.23. The molecule has 0 saturated carbocycles. The number of hydrogen-bond acceptors (Lipinski definition) is 6. The number of ketones is 1. The molecule has 0 saturated heterocycles. The topological polar surface area (TPSA) is 98.5 Å². The van der Waals surface area contributed by atoms with Gasteiger partial charge in [-0.15, -0.1) is 0 Å². The van der Waals surface area contributed by atoms with Crippen LogP contribution in [0.1, 0.15) is 42.7 Å². The van der Waals surface area contributed by atoms with E-state index in [0.29, 0.717) is 5.69 Å². The number of esters is 1. The predicted molar refractivity (Wildman–Crippen MR) is 65.7 cm³/mol. The number of amides is 1. The number of nitrogens with zero attached hydrogens (tertiary/aromatic N) is 1. The van der Waals surface area contributed by atoms with Crippen LogP contribution in [0.2, 0.25) is 0 Å². The smallest absolute Gasteiger partial charge is 0.345 e. The van der Waals surface area contributed by atoms with Crippen molar-refractivity contribution in [1.29, 1.82) is 0 Å². The maximum absolute atomic E-state index is 11.7. The van der Waals surface area contributed by atoms with E-state index in [2.05, 4.69) is 10.5 Å². The Morgan fingerprint density at radius 3 is 2.58 bits per heavy atom. The molecule has 0 bridgehead atoms. The molecule has 7 heteroatoms. The van der Waals surface area contributed by atoms with Crippen molar-refractivity contribution < 1.29 is 23.6 Å². The van der Waals surface area contributed by atoms with E-state index in [9.17, 15) is 14.4 Å². The Labute approximate surface area is 110 Å². The molecule has 0 atom stereocenters. The van der Waals surface area contributed by atoms with E-state index in [1.54, 1.807) is 13.8 Å². The number of aromatic nitrogens is 1. The molecule has 19 heavy (non-hydrogen) atoms. The van der Waals surface area contributed by atoms with Gasteiger partial charge in [-0.05, 0) is 20.8 Å². The molecule has 1 heterocycles. The number of ether oxygens (including phenoxy) is 1. The van der Waals surface area contributed by atoms with Crippen molar-refractivity contribution in [2.24, 2.45) is 0 Å². The Morgan fingerprint density at radius 2 is 2.00 bits per heavy atom. The number of carbonyl (C=O) groups excluding carboxylic acids is 3. The van der Waals surface area contributed by atoms with Crippen molar-refractivity contribution in [2.45, 2.75) is 33.6 Å². The van der Waals surface area contributed by atoms with Crippen molar-refractivity contribution in [3.05, 3.63) is 11.3 Å².